The van der Waals surface area contributed by atoms with E-state index in [1.807, 2.05) is 6.92 Å². The molecular formula is C12H6F3N4S2. The second-order valence-electron chi connectivity index (χ2n) is 4.02. The summed E-state index contributed by atoms with van der Waals surface area (Å²) in [5, 5.41) is 1.72. The first-order chi connectivity index (χ1) is 9.93. The molecule has 0 spiro atoms. The Morgan fingerprint density at radius 1 is 1.19 bits per heavy atom. The highest BCUT2D eigenvalue weighted by molar-refractivity contribution is 7.15. The number of thiazole rings is 2. The third kappa shape index (κ3) is 2.93. The summed E-state index contributed by atoms with van der Waals surface area (Å²) in [5.74, 6) is 0.112. The Labute approximate surface area is 125 Å². The summed E-state index contributed by atoms with van der Waals surface area (Å²) in [6.07, 6.45) is -0.145. The Bertz CT molecular complexity index is 779. The van der Waals surface area contributed by atoms with Gasteiger partial charge in [0.2, 0.25) is 0 Å². The first kappa shape index (κ1) is 14.1. The van der Waals surface area contributed by atoms with E-state index in [9.17, 15) is 13.2 Å². The quantitative estimate of drug-likeness (QED) is 0.717. The fraction of sp³-hybridized carbons (Fsp3) is 0.167. The van der Waals surface area contributed by atoms with E-state index in [-0.39, 0.29) is 10.8 Å². The van der Waals surface area contributed by atoms with Crippen molar-refractivity contribution in [3.63, 3.8) is 0 Å². The van der Waals surface area contributed by atoms with Crippen molar-refractivity contribution in [2.75, 3.05) is 0 Å². The highest BCUT2D eigenvalue weighted by Crippen LogP contribution is 2.33. The van der Waals surface area contributed by atoms with Crippen LogP contribution in [-0.4, -0.2) is 19.9 Å². The van der Waals surface area contributed by atoms with E-state index < -0.39 is 11.9 Å². The fourth-order valence-electron chi connectivity index (χ4n) is 1.51. The topological polar surface area (TPSA) is 51.6 Å². The molecule has 3 aromatic heterocycles. The lowest BCUT2D eigenvalue weighted by atomic mass is 10.4. The van der Waals surface area contributed by atoms with E-state index in [0.717, 1.165) is 21.6 Å². The van der Waals surface area contributed by atoms with Crippen molar-refractivity contribution >= 4 is 22.7 Å². The standard InChI is InChI=1S/C12H6F3N4S2/c1-6-4-17-10(21-6)7-2-3-16-9(18-7)11-19-8(5-20-11)12(13,14)15/h2,4-5H,1H3. The highest BCUT2D eigenvalue weighted by atomic mass is 32.1. The van der Waals surface area contributed by atoms with Gasteiger partial charge in [0.05, 0.1) is 6.20 Å². The van der Waals surface area contributed by atoms with Crippen molar-refractivity contribution in [2.24, 2.45) is 0 Å². The Morgan fingerprint density at radius 2 is 2.00 bits per heavy atom. The van der Waals surface area contributed by atoms with Crippen molar-refractivity contribution in [3.05, 3.63) is 34.4 Å². The van der Waals surface area contributed by atoms with Gasteiger partial charge in [-0.05, 0) is 13.0 Å². The van der Waals surface area contributed by atoms with Crippen LogP contribution in [0, 0.1) is 13.1 Å². The zero-order valence-electron chi connectivity index (χ0n) is 10.5. The molecule has 3 heterocycles. The maximum atomic E-state index is 12.6. The Balaban J connectivity index is 1.98. The van der Waals surface area contributed by atoms with Crippen LogP contribution in [0.5, 0.6) is 0 Å². The molecule has 0 fully saturated rings. The summed E-state index contributed by atoms with van der Waals surface area (Å²) < 4.78 is 37.7. The molecule has 107 valence electrons. The number of rotatable bonds is 2. The van der Waals surface area contributed by atoms with E-state index >= 15 is 0 Å². The summed E-state index contributed by atoms with van der Waals surface area (Å²) >= 11 is 2.28. The van der Waals surface area contributed by atoms with Crippen LogP contribution in [0.25, 0.3) is 21.5 Å². The van der Waals surface area contributed by atoms with Gasteiger partial charge in [-0.15, -0.1) is 22.7 Å². The molecule has 0 aliphatic heterocycles. The van der Waals surface area contributed by atoms with E-state index in [0.29, 0.717) is 10.7 Å². The van der Waals surface area contributed by atoms with Gasteiger partial charge in [0, 0.05) is 16.5 Å². The molecule has 0 aliphatic carbocycles. The van der Waals surface area contributed by atoms with Gasteiger partial charge in [-0.3, -0.25) is 0 Å². The third-order valence-electron chi connectivity index (χ3n) is 2.42. The molecule has 21 heavy (non-hydrogen) atoms. The molecule has 0 atom stereocenters. The monoisotopic (exact) mass is 327 g/mol. The molecule has 9 heteroatoms. The van der Waals surface area contributed by atoms with Crippen LogP contribution in [-0.2, 0) is 6.18 Å². The number of hydrogen-bond donors (Lipinski definition) is 0. The van der Waals surface area contributed by atoms with Gasteiger partial charge in [0.1, 0.15) is 10.7 Å². The number of alkyl halides is 3. The first-order valence-electron chi connectivity index (χ1n) is 5.64. The molecule has 0 aliphatic rings. The van der Waals surface area contributed by atoms with Gasteiger partial charge >= 0.3 is 6.18 Å². The average Bonchev–Trinajstić information content (AvgIpc) is 3.07. The third-order valence-corrected chi connectivity index (χ3v) is 4.20. The number of aryl methyl sites for hydroxylation is 1. The Hall–Kier alpha value is -1.87. The SMILES string of the molecule is Cc1cnc(-c2c[c]nc(-c3nc(C(F)(F)F)cs3)n2)s1. The molecule has 4 nitrogen and oxygen atoms in total. The number of hydrogen-bond acceptors (Lipinski definition) is 6. The minimum atomic E-state index is -4.47. The molecule has 3 rings (SSSR count). The van der Waals surface area contributed by atoms with Gasteiger partial charge in [0.15, 0.2) is 16.5 Å². The zero-order chi connectivity index (χ0) is 15.0. The smallest absolute Gasteiger partial charge is 0.243 e. The average molecular weight is 327 g/mol. The molecular weight excluding hydrogens is 321 g/mol. The van der Waals surface area contributed by atoms with Gasteiger partial charge < -0.3 is 0 Å². The second kappa shape index (κ2) is 5.15. The number of aromatic nitrogens is 4. The van der Waals surface area contributed by atoms with Gasteiger partial charge in [0.25, 0.3) is 0 Å². The van der Waals surface area contributed by atoms with Crippen LogP contribution in [0.4, 0.5) is 13.2 Å². The van der Waals surface area contributed by atoms with Gasteiger partial charge in [-0.2, -0.15) is 13.2 Å². The Kier molecular flexibility index (Phi) is 3.46. The summed E-state index contributed by atoms with van der Waals surface area (Å²) in [6, 6.07) is 1.54. The molecule has 0 bridgehead atoms. The normalized spacial score (nSPS) is 11.8. The van der Waals surface area contributed by atoms with Crippen molar-refractivity contribution in [2.45, 2.75) is 13.1 Å². The van der Waals surface area contributed by atoms with Crippen molar-refractivity contribution in [1.82, 2.24) is 19.9 Å². The molecule has 1 radical (unpaired) electrons. The molecule has 0 unspecified atom stereocenters. The zero-order valence-corrected chi connectivity index (χ0v) is 12.1. The van der Waals surface area contributed by atoms with E-state index in [4.69, 9.17) is 0 Å². The predicted molar refractivity (Wildman–Crippen MR) is 72.8 cm³/mol. The maximum absolute atomic E-state index is 12.6. The molecule has 0 amide bonds. The second-order valence-corrected chi connectivity index (χ2v) is 6.11. The lowest BCUT2D eigenvalue weighted by molar-refractivity contribution is -0.140. The molecule has 0 saturated heterocycles. The summed E-state index contributed by atoms with van der Waals surface area (Å²) in [6.45, 7) is 1.91. The van der Waals surface area contributed by atoms with Crippen LogP contribution >= 0.6 is 22.7 Å². The molecule has 0 saturated carbocycles. The summed E-state index contributed by atoms with van der Waals surface area (Å²) in [4.78, 5) is 16.8. The lowest BCUT2D eigenvalue weighted by Crippen LogP contribution is -2.05. The van der Waals surface area contributed by atoms with E-state index in [1.165, 1.54) is 11.3 Å². The lowest BCUT2D eigenvalue weighted by Gasteiger charge is -2.00. The van der Waals surface area contributed by atoms with Crippen molar-refractivity contribution in [1.29, 1.82) is 0 Å². The summed E-state index contributed by atoms with van der Waals surface area (Å²) in [5.41, 5.74) is -0.427. The number of nitrogens with zero attached hydrogens (tertiary/aromatic N) is 4. The highest BCUT2D eigenvalue weighted by Gasteiger charge is 2.34. The maximum Gasteiger partial charge on any atom is 0.434 e. The minimum Gasteiger partial charge on any atom is -0.243 e. The van der Waals surface area contributed by atoms with Crippen molar-refractivity contribution in [3.8, 4) is 21.5 Å². The first-order valence-corrected chi connectivity index (χ1v) is 7.34. The fourth-order valence-corrected chi connectivity index (χ4v) is 2.99. The molecule has 3 aromatic rings. The van der Waals surface area contributed by atoms with E-state index in [1.54, 1.807) is 12.3 Å². The van der Waals surface area contributed by atoms with Crippen LogP contribution in [0.2, 0.25) is 0 Å². The Morgan fingerprint density at radius 3 is 2.62 bits per heavy atom. The largest absolute Gasteiger partial charge is 0.434 e. The van der Waals surface area contributed by atoms with Crippen LogP contribution in [0.1, 0.15) is 10.6 Å². The molecule has 0 aromatic carbocycles. The van der Waals surface area contributed by atoms with Crippen LogP contribution < -0.4 is 0 Å². The number of halogens is 3. The van der Waals surface area contributed by atoms with Crippen molar-refractivity contribution < 1.29 is 13.2 Å². The van der Waals surface area contributed by atoms with Crippen LogP contribution in [0.15, 0.2) is 17.6 Å². The van der Waals surface area contributed by atoms with Crippen LogP contribution in [0.3, 0.4) is 0 Å². The minimum absolute atomic E-state index is 0.105. The summed E-state index contributed by atoms with van der Waals surface area (Å²) in [7, 11) is 0. The predicted octanol–water partition coefficient (Wildman–Crippen LogP) is 3.85. The van der Waals surface area contributed by atoms with Gasteiger partial charge in [-0.25, -0.2) is 19.9 Å². The van der Waals surface area contributed by atoms with Gasteiger partial charge in [-0.1, -0.05) is 0 Å². The molecule has 0 N–H and O–H groups in total. The van der Waals surface area contributed by atoms with E-state index in [2.05, 4.69) is 26.1 Å².